The zero-order valence-corrected chi connectivity index (χ0v) is 19.0. The monoisotopic (exact) mass is 470 g/mol. The summed E-state index contributed by atoms with van der Waals surface area (Å²) in [6.45, 7) is -0.395. The molecule has 4 rings (SSSR count). The largest absolute Gasteiger partial charge is 0.394 e. The molecule has 1 aromatic heterocycles. The molecule has 1 aliphatic carbocycles. The van der Waals surface area contributed by atoms with Gasteiger partial charge in [-0.1, -0.05) is 31.0 Å². The number of amides is 2. The summed E-state index contributed by atoms with van der Waals surface area (Å²) in [4.78, 5) is 25.3. The van der Waals surface area contributed by atoms with Crippen molar-refractivity contribution < 1.29 is 19.1 Å². The first kappa shape index (κ1) is 24.5. The SMILES string of the molecule is O=C(NC1CCCC1)c1cccc([C@@H](CO)NC(=O)c2ccc(-c3cn[nH]c3)cc2F)c1.S. The summed E-state index contributed by atoms with van der Waals surface area (Å²) in [6.07, 6.45) is 7.38. The topological polar surface area (TPSA) is 107 Å². The standard InChI is InChI=1S/C24H25FN4O3.H2S/c25-21-11-15(18-12-26-27-13-18)8-9-20(21)24(32)29-22(14-30)16-4-3-5-17(10-16)23(31)28-19-6-1-2-7-19;/h3-5,8-13,19,22,30H,1-2,6-7,14H2,(H,26,27)(H,28,31)(H,29,32);1H2/t22-;/m1./s1. The number of H-pyrrole nitrogens is 1. The number of hydrogen-bond donors (Lipinski definition) is 4. The van der Waals surface area contributed by atoms with Crippen molar-refractivity contribution in [2.24, 2.45) is 0 Å². The number of nitrogens with zero attached hydrogens (tertiary/aromatic N) is 1. The highest BCUT2D eigenvalue weighted by Gasteiger charge is 2.21. The molecule has 1 saturated carbocycles. The van der Waals surface area contributed by atoms with E-state index in [2.05, 4.69) is 20.8 Å². The molecule has 0 spiro atoms. The van der Waals surface area contributed by atoms with Crippen molar-refractivity contribution in [3.8, 4) is 11.1 Å². The molecule has 1 fully saturated rings. The average molecular weight is 471 g/mol. The highest BCUT2D eigenvalue weighted by molar-refractivity contribution is 7.59. The number of carbonyl (C=O) groups excluding carboxylic acids is 2. The van der Waals surface area contributed by atoms with Crippen LogP contribution in [0.25, 0.3) is 11.1 Å². The van der Waals surface area contributed by atoms with E-state index < -0.39 is 24.4 Å². The van der Waals surface area contributed by atoms with E-state index >= 15 is 0 Å². The number of carbonyl (C=O) groups is 2. The number of benzene rings is 2. The lowest BCUT2D eigenvalue weighted by Gasteiger charge is -2.18. The fourth-order valence-corrected chi connectivity index (χ4v) is 3.99. The zero-order valence-electron chi connectivity index (χ0n) is 18.0. The van der Waals surface area contributed by atoms with Crippen molar-refractivity contribution in [1.82, 2.24) is 20.8 Å². The van der Waals surface area contributed by atoms with Gasteiger partial charge in [-0.2, -0.15) is 18.6 Å². The molecule has 2 amide bonds. The second-order valence-electron chi connectivity index (χ2n) is 7.97. The summed E-state index contributed by atoms with van der Waals surface area (Å²) in [7, 11) is 0. The lowest BCUT2D eigenvalue weighted by molar-refractivity contribution is 0.0911. The second-order valence-corrected chi connectivity index (χ2v) is 7.97. The molecule has 33 heavy (non-hydrogen) atoms. The molecule has 174 valence electrons. The van der Waals surface area contributed by atoms with E-state index in [1.807, 2.05) is 0 Å². The lowest BCUT2D eigenvalue weighted by atomic mass is 10.0. The van der Waals surface area contributed by atoms with Crippen molar-refractivity contribution in [2.45, 2.75) is 37.8 Å². The highest BCUT2D eigenvalue weighted by Crippen LogP contribution is 2.22. The fraction of sp³-hybridized carbons (Fsp3) is 0.292. The average Bonchev–Trinajstić information content (AvgIpc) is 3.52. The molecule has 0 unspecified atom stereocenters. The molecular weight excluding hydrogens is 443 g/mol. The zero-order chi connectivity index (χ0) is 22.5. The minimum atomic E-state index is -0.783. The molecule has 0 aliphatic heterocycles. The third-order valence-electron chi connectivity index (χ3n) is 5.77. The van der Waals surface area contributed by atoms with Crippen LogP contribution in [0.4, 0.5) is 4.39 Å². The molecule has 9 heteroatoms. The molecule has 4 N–H and O–H groups in total. The molecule has 1 atom stereocenters. The van der Waals surface area contributed by atoms with Gasteiger partial charge in [0, 0.05) is 23.4 Å². The minimum absolute atomic E-state index is 0. The number of aliphatic hydroxyl groups is 1. The number of nitrogens with one attached hydrogen (secondary N) is 3. The summed E-state index contributed by atoms with van der Waals surface area (Å²) in [5, 5.41) is 22.0. The number of rotatable bonds is 7. The molecule has 1 aliphatic rings. The van der Waals surface area contributed by atoms with Crippen molar-refractivity contribution >= 4 is 25.3 Å². The van der Waals surface area contributed by atoms with Gasteiger partial charge in [0.1, 0.15) is 5.82 Å². The maximum Gasteiger partial charge on any atom is 0.254 e. The fourth-order valence-electron chi connectivity index (χ4n) is 3.99. The Kier molecular flexibility index (Phi) is 8.24. The van der Waals surface area contributed by atoms with E-state index in [0.717, 1.165) is 25.7 Å². The van der Waals surface area contributed by atoms with Crippen molar-refractivity contribution in [3.63, 3.8) is 0 Å². The van der Waals surface area contributed by atoms with Gasteiger partial charge in [0.25, 0.3) is 11.8 Å². The Hall–Kier alpha value is -3.17. The van der Waals surface area contributed by atoms with Crippen LogP contribution in [0.1, 0.15) is 58.0 Å². The van der Waals surface area contributed by atoms with Gasteiger partial charge in [0.15, 0.2) is 0 Å². The summed E-state index contributed by atoms with van der Waals surface area (Å²) in [5.41, 5.74) is 2.18. The summed E-state index contributed by atoms with van der Waals surface area (Å²) in [5.74, 6) is -1.51. The number of halogens is 1. The van der Waals surface area contributed by atoms with E-state index in [1.165, 1.54) is 12.1 Å². The van der Waals surface area contributed by atoms with Crippen molar-refractivity contribution in [3.05, 3.63) is 77.4 Å². The molecule has 1 heterocycles. The van der Waals surface area contributed by atoms with Gasteiger partial charge in [0.2, 0.25) is 0 Å². The minimum Gasteiger partial charge on any atom is -0.394 e. The third-order valence-corrected chi connectivity index (χ3v) is 5.77. The second kappa shape index (κ2) is 11.1. The summed E-state index contributed by atoms with van der Waals surface area (Å²) in [6, 6.07) is 10.4. The predicted octanol–water partition coefficient (Wildman–Crippen LogP) is 3.46. The summed E-state index contributed by atoms with van der Waals surface area (Å²) < 4.78 is 14.6. The lowest BCUT2D eigenvalue weighted by Crippen LogP contribution is -2.33. The maximum absolute atomic E-state index is 14.6. The van der Waals surface area contributed by atoms with Crippen molar-refractivity contribution in [1.29, 1.82) is 0 Å². The van der Waals surface area contributed by atoms with Gasteiger partial charge >= 0.3 is 0 Å². The smallest absolute Gasteiger partial charge is 0.254 e. The Balaban J connectivity index is 0.00000306. The summed E-state index contributed by atoms with van der Waals surface area (Å²) >= 11 is 0. The van der Waals surface area contributed by atoms with Crippen LogP contribution in [-0.2, 0) is 0 Å². The quantitative estimate of drug-likeness (QED) is 0.424. The Morgan fingerprint density at radius 1 is 1.12 bits per heavy atom. The number of hydrogen-bond acceptors (Lipinski definition) is 4. The number of aromatic nitrogens is 2. The first-order valence-electron chi connectivity index (χ1n) is 10.7. The number of aliphatic hydroxyl groups excluding tert-OH is 1. The van der Waals surface area contributed by atoms with E-state index in [0.29, 0.717) is 22.3 Å². The molecule has 0 saturated heterocycles. The molecule has 2 aromatic carbocycles. The predicted molar refractivity (Wildman–Crippen MR) is 128 cm³/mol. The van der Waals surface area contributed by atoms with E-state index in [9.17, 15) is 19.1 Å². The first-order valence-corrected chi connectivity index (χ1v) is 10.7. The van der Waals surface area contributed by atoms with Crippen LogP contribution < -0.4 is 10.6 Å². The molecule has 0 bridgehead atoms. The Labute approximate surface area is 198 Å². The van der Waals surface area contributed by atoms with Crippen LogP contribution in [0.15, 0.2) is 54.9 Å². The Morgan fingerprint density at radius 3 is 2.58 bits per heavy atom. The third kappa shape index (κ3) is 5.80. The van der Waals surface area contributed by atoms with Gasteiger partial charge in [0.05, 0.1) is 24.4 Å². The van der Waals surface area contributed by atoms with Crippen molar-refractivity contribution in [2.75, 3.05) is 6.61 Å². The molecular formula is C24H27FN4O3S. The van der Waals surface area contributed by atoms with Crippen LogP contribution in [0, 0.1) is 5.82 Å². The van der Waals surface area contributed by atoms with E-state index in [1.54, 1.807) is 42.7 Å². The van der Waals surface area contributed by atoms with E-state index in [-0.39, 0.29) is 31.0 Å². The highest BCUT2D eigenvalue weighted by atomic mass is 32.1. The van der Waals surface area contributed by atoms with Gasteiger partial charge in [-0.15, -0.1) is 0 Å². The van der Waals surface area contributed by atoms with Gasteiger partial charge < -0.3 is 15.7 Å². The Morgan fingerprint density at radius 2 is 1.91 bits per heavy atom. The first-order chi connectivity index (χ1) is 15.5. The molecule has 7 nitrogen and oxygen atoms in total. The van der Waals surface area contributed by atoms with Crippen LogP contribution >= 0.6 is 13.5 Å². The van der Waals surface area contributed by atoms with Crippen LogP contribution in [0.2, 0.25) is 0 Å². The van der Waals surface area contributed by atoms with Gasteiger partial charge in [-0.25, -0.2) is 4.39 Å². The van der Waals surface area contributed by atoms with Gasteiger partial charge in [-0.3, -0.25) is 14.7 Å². The normalized spacial score (nSPS) is 14.4. The van der Waals surface area contributed by atoms with Crippen LogP contribution in [0.3, 0.4) is 0 Å². The number of aromatic amines is 1. The van der Waals surface area contributed by atoms with Crippen LogP contribution in [0.5, 0.6) is 0 Å². The molecule has 3 aromatic rings. The van der Waals surface area contributed by atoms with E-state index in [4.69, 9.17) is 0 Å². The Bertz CT molecular complexity index is 1100. The van der Waals surface area contributed by atoms with Crippen LogP contribution in [-0.4, -0.2) is 39.8 Å². The molecule has 0 radical (unpaired) electrons. The van der Waals surface area contributed by atoms with Gasteiger partial charge in [-0.05, 0) is 48.2 Å². The maximum atomic E-state index is 14.6.